The van der Waals surface area contributed by atoms with Gasteiger partial charge in [0.25, 0.3) is 0 Å². The Labute approximate surface area is 128 Å². The molecule has 116 valence electrons. The zero-order chi connectivity index (χ0) is 15.5. The van der Waals surface area contributed by atoms with Gasteiger partial charge in [-0.15, -0.1) is 10.2 Å². The Balaban J connectivity index is 1.67. The van der Waals surface area contributed by atoms with E-state index >= 15 is 0 Å². The highest BCUT2D eigenvalue weighted by Crippen LogP contribution is 2.22. The molecule has 1 aromatic heterocycles. The number of benzene rings is 1. The number of nitrogens with one attached hydrogen (secondary N) is 1. The van der Waals surface area contributed by atoms with E-state index in [9.17, 15) is 9.90 Å². The van der Waals surface area contributed by atoms with Crippen molar-refractivity contribution in [1.82, 2.24) is 15.1 Å². The number of rotatable bonds is 3. The van der Waals surface area contributed by atoms with Crippen LogP contribution in [0, 0.1) is 6.92 Å². The van der Waals surface area contributed by atoms with Crippen LogP contribution in [0.5, 0.6) is 0 Å². The van der Waals surface area contributed by atoms with Crippen molar-refractivity contribution in [2.45, 2.75) is 25.8 Å². The van der Waals surface area contributed by atoms with Gasteiger partial charge in [-0.1, -0.05) is 0 Å². The van der Waals surface area contributed by atoms with Gasteiger partial charge < -0.3 is 19.7 Å². The molecule has 1 fully saturated rings. The number of aliphatic hydroxyl groups is 1. The molecule has 1 saturated heterocycles. The molecule has 0 aliphatic carbocycles. The van der Waals surface area contributed by atoms with Crippen LogP contribution in [0.4, 0.5) is 10.5 Å². The molecule has 1 aromatic carbocycles. The molecule has 0 saturated carbocycles. The fourth-order valence-electron chi connectivity index (χ4n) is 2.60. The molecule has 2 aromatic rings. The molecular formula is C15H18N4O3. The van der Waals surface area contributed by atoms with Crippen LogP contribution >= 0.6 is 0 Å². The van der Waals surface area contributed by atoms with Gasteiger partial charge in [0.15, 0.2) is 0 Å². The van der Waals surface area contributed by atoms with Gasteiger partial charge in [-0.2, -0.15) is 0 Å². The van der Waals surface area contributed by atoms with E-state index in [1.165, 1.54) is 0 Å². The summed E-state index contributed by atoms with van der Waals surface area (Å²) >= 11 is 0. The number of anilines is 1. The summed E-state index contributed by atoms with van der Waals surface area (Å²) in [5.41, 5.74) is 1.49. The standard InChI is InChI=1S/C15H18N4O3/c1-10-17-18-14(22-10)11-4-6-12(7-5-11)16-15(21)19-8-2-3-13(19)9-20/h4-7,13,20H,2-3,8-9H2,1H3,(H,16,21). The Morgan fingerprint density at radius 3 is 2.82 bits per heavy atom. The van der Waals surface area contributed by atoms with Crippen molar-refractivity contribution in [2.75, 3.05) is 18.5 Å². The summed E-state index contributed by atoms with van der Waals surface area (Å²) in [6.45, 7) is 2.41. The van der Waals surface area contributed by atoms with Gasteiger partial charge in [0.1, 0.15) is 0 Å². The Morgan fingerprint density at radius 1 is 1.41 bits per heavy atom. The Bertz CT molecular complexity index is 653. The van der Waals surface area contributed by atoms with E-state index in [0.717, 1.165) is 18.4 Å². The first-order chi connectivity index (χ1) is 10.7. The predicted octanol–water partition coefficient (Wildman–Crippen LogP) is 2.03. The molecule has 2 heterocycles. The normalized spacial score (nSPS) is 17.7. The minimum atomic E-state index is -0.182. The summed E-state index contributed by atoms with van der Waals surface area (Å²) in [7, 11) is 0. The quantitative estimate of drug-likeness (QED) is 0.905. The fourth-order valence-corrected chi connectivity index (χ4v) is 2.60. The first kappa shape index (κ1) is 14.5. The number of carbonyl (C=O) groups excluding carboxylic acids is 1. The van der Waals surface area contributed by atoms with Crippen molar-refractivity contribution in [1.29, 1.82) is 0 Å². The van der Waals surface area contributed by atoms with Crippen molar-refractivity contribution in [3.05, 3.63) is 30.2 Å². The average Bonchev–Trinajstić information content (AvgIpc) is 3.16. The highest BCUT2D eigenvalue weighted by atomic mass is 16.4. The smallest absolute Gasteiger partial charge is 0.322 e. The monoisotopic (exact) mass is 302 g/mol. The molecule has 1 atom stereocenters. The second kappa shape index (κ2) is 6.15. The Hall–Kier alpha value is -2.41. The van der Waals surface area contributed by atoms with Gasteiger partial charge in [-0.3, -0.25) is 0 Å². The predicted molar refractivity (Wildman–Crippen MR) is 80.3 cm³/mol. The molecular weight excluding hydrogens is 284 g/mol. The molecule has 3 rings (SSSR count). The van der Waals surface area contributed by atoms with Crippen LogP contribution in [-0.4, -0.2) is 45.4 Å². The maximum Gasteiger partial charge on any atom is 0.322 e. The van der Waals surface area contributed by atoms with Gasteiger partial charge in [0, 0.05) is 24.7 Å². The molecule has 7 heteroatoms. The summed E-state index contributed by atoms with van der Waals surface area (Å²) in [6.07, 6.45) is 1.77. The topological polar surface area (TPSA) is 91.5 Å². The summed E-state index contributed by atoms with van der Waals surface area (Å²) in [6, 6.07) is 6.94. The van der Waals surface area contributed by atoms with Crippen molar-refractivity contribution < 1.29 is 14.3 Å². The zero-order valence-electron chi connectivity index (χ0n) is 12.3. The van der Waals surface area contributed by atoms with Crippen molar-refractivity contribution >= 4 is 11.7 Å². The lowest BCUT2D eigenvalue weighted by molar-refractivity contribution is 0.166. The van der Waals surface area contributed by atoms with Crippen LogP contribution in [0.2, 0.25) is 0 Å². The largest absolute Gasteiger partial charge is 0.421 e. The molecule has 0 bridgehead atoms. The number of hydrogen-bond acceptors (Lipinski definition) is 5. The third-order valence-corrected chi connectivity index (χ3v) is 3.76. The second-order valence-corrected chi connectivity index (χ2v) is 5.31. The maximum atomic E-state index is 12.2. The summed E-state index contributed by atoms with van der Waals surface area (Å²) in [4.78, 5) is 13.9. The molecule has 1 aliphatic heterocycles. The number of carbonyl (C=O) groups is 1. The number of aryl methyl sites for hydroxylation is 1. The van der Waals surface area contributed by atoms with Crippen LogP contribution in [0.3, 0.4) is 0 Å². The third-order valence-electron chi connectivity index (χ3n) is 3.76. The maximum absolute atomic E-state index is 12.2. The number of nitrogens with zero attached hydrogens (tertiary/aromatic N) is 3. The number of aliphatic hydroxyl groups excluding tert-OH is 1. The molecule has 0 radical (unpaired) electrons. The number of amides is 2. The summed E-state index contributed by atoms with van der Waals surface area (Å²) in [5, 5.41) is 19.8. The van der Waals surface area contributed by atoms with E-state index in [1.54, 1.807) is 24.0 Å². The fraction of sp³-hybridized carbons (Fsp3) is 0.400. The molecule has 22 heavy (non-hydrogen) atoms. The van der Waals surface area contributed by atoms with Gasteiger partial charge in [0.2, 0.25) is 11.8 Å². The van der Waals surface area contributed by atoms with Crippen LogP contribution < -0.4 is 5.32 Å². The van der Waals surface area contributed by atoms with Gasteiger partial charge in [-0.25, -0.2) is 4.79 Å². The van der Waals surface area contributed by atoms with E-state index in [4.69, 9.17) is 4.42 Å². The number of urea groups is 1. The zero-order valence-corrected chi connectivity index (χ0v) is 12.3. The number of likely N-dealkylation sites (tertiary alicyclic amines) is 1. The Morgan fingerprint density at radius 2 is 2.18 bits per heavy atom. The first-order valence-electron chi connectivity index (χ1n) is 7.26. The molecule has 2 amide bonds. The minimum absolute atomic E-state index is 0.00285. The average molecular weight is 302 g/mol. The van der Waals surface area contributed by atoms with Crippen LogP contribution in [0.15, 0.2) is 28.7 Å². The lowest BCUT2D eigenvalue weighted by Gasteiger charge is -2.23. The SMILES string of the molecule is Cc1nnc(-c2ccc(NC(=O)N3CCCC3CO)cc2)o1. The van der Waals surface area contributed by atoms with E-state index in [2.05, 4.69) is 15.5 Å². The molecule has 1 unspecified atom stereocenters. The molecule has 7 nitrogen and oxygen atoms in total. The van der Waals surface area contributed by atoms with E-state index < -0.39 is 0 Å². The third kappa shape index (κ3) is 2.94. The summed E-state index contributed by atoms with van der Waals surface area (Å²) in [5.74, 6) is 0.965. The lowest BCUT2D eigenvalue weighted by Crippen LogP contribution is -2.40. The second-order valence-electron chi connectivity index (χ2n) is 5.31. The molecule has 0 spiro atoms. The number of hydrogen-bond donors (Lipinski definition) is 2. The van der Waals surface area contributed by atoms with Crippen molar-refractivity contribution in [3.63, 3.8) is 0 Å². The Kier molecular flexibility index (Phi) is 4.06. The highest BCUT2D eigenvalue weighted by Gasteiger charge is 2.27. The molecule has 2 N–H and O–H groups in total. The summed E-state index contributed by atoms with van der Waals surface area (Å²) < 4.78 is 5.35. The van der Waals surface area contributed by atoms with Gasteiger partial charge in [0.05, 0.1) is 12.6 Å². The highest BCUT2D eigenvalue weighted by molar-refractivity contribution is 5.90. The van der Waals surface area contributed by atoms with Crippen LogP contribution in [0.25, 0.3) is 11.5 Å². The van der Waals surface area contributed by atoms with E-state index in [1.807, 2.05) is 12.1 Å². The van der Waals surface area contributed by atoms with E-state index in [0.29, 0.717) is 24.0 Å². The molecule has 1 aliphatic rings. The lowest BCUT2D eigenvalue weighted by atomic mass is 10.2. The van der Waals surface area contributed by atoms with Crippen LogP contribution in [-0.2, 0) is 0 Å². The van der Waals surface area contributed by atoms with E-state index in [-0.39, 0.29) is 18.7 Å². The van der Waals surface area contributed by atoms with Crippen molar-refractivity contribution in [3.8, 4) is 11.5 Å². The number of aromatic nitrogens is 2. The minimum Gasteiger partial charge on any atom is -0.421 e. The van der Waals surface area contributed by atoms with Crippen molar-refractivity contribution in [2.24, 2.45) is 0 Å². The van der Waals surface area contributed by atoms with Gasteiger partial charge >= 0.3 is 6.03 Å². The first-order valence-corrected chi connectivity index (χ1v) is 7.26. The van der Waals surface area contributed by atoms with Gasteiger partial charge in [-0.05, 0) is 37.1 Å². The van der Waals surface area contributed by atoms with Crippen LogP contribution in [0.1, 0.15) is 18.7 Å².